The van der Waals surface area contributed by atoms with E-state index in [-0.39, 0.29) is 22.8 Å². The Hall–Kier alpha value is -2.67. The van der Waals surface area contributed by atoms with Crippen molar-refractivity contribution in [2.75, 3.05) is 30.1 Å². The fourth-order valence-corrected chi connectivity index (χ4v) is 2.94. The van der Waals surface area contributed by atoms with Gasteiger partial charge in [-0.1, -0.05) is 12.1 Å². The van der Waals surface area contributed by atoms with Gasteiger partial charge in [0.25, 0.3) is 0 Å². The number of ether oxygens (including phenoxy) is 2. The Morgan fingerprint density at radius 1 is 1.07 bits per heavy atom. The molecule has 0 heterocycles. The first-order valence-electron chi connectivity index (χ1n) is 8.61. The highest BCUT2D eigenvalue weighted by molar-refractivity contribution is 8.01. The molecule has 2 rings (SSSR count). The van der Waals surface area contributed by atoms with E-state index in [1.807, 2.05) is 19.1 Å². The molecule has 0 aliphatic carbocycles. The third-order valence-corrected chi connectivity index (χ3v) is 4.79. The van der Waals surface area contributed by atoms with Crippen LogP contribution in [0.3, 0.4) is 0 Å². The second-order valence-electron chi connectivity index (χ2n) is 5.65. The second-order valence-corrected chi connectivity index (χ2v) is 6.98. The Kier molecular flexibility index (Phi) is 8.00. The first kappa shape index (κ1) is 20.6. The van der Waals surface area contributed by atoms with E-state index in [9.17, 15) is 9.59 Å². The summed E-state index contributed by atoms with van der Waals surface area (Å²) in [5, 5.41) is 5.24. The number of anilines is 2. The molecule has 0 saturated carbocycles. The molecule has 7 heteroatoms. The van der Waals surface area contributed by atoms with Gasteiger partial charge in [-0.25, -0.2) is 0 Å². The van der Waals surface area contributed by atoms with Crippen molar-refractivity contribution in [3.63, 3.8) is 0 Å². The number of thioether (sulfide) groups is 1. The minimum absolute atomic E-state index is 0.166. The average molecular weight is 388 g/mol. The molecule has 0 aliphatic rings. The number of nitrogens with one attached hydrogen (secondary N) is 2. The van der Waals surface area contributed by atoms with Gasteiger partial charge < -0.3 is 20.1 Å². The lowest BCUT2D eigenvalue weighted by Gasteiger charge is -2.14. The van der Waals surface area contributed by atoms with E-state index in [0.29, 0.717) is 23.7 Å². The Bertz CT molecular complexity index is 765. The number of para-hydroxylation sites is 2. The summed E-state index contributed by atoms with van der Waals surface area (Å²) in [6.07, 6.45) is 0. The number of carbonyl (C=O) groups is 2. The van der Waals surface area contributed by atoms with Crippen LogP contribution in [0.25, 0.3) is 0 Å². The largest absolute Gasteiger partial charge is 0.495 e. The monoisotopic (exact) mass is 388 g/mol. The van der Waals surface area contributed by atoms with Crippen LogP contribution < -0.4 is 20.1 Å². The summed E-state index contributed by atoms with van der Waals surface area (Å²) in [5.74, 6) is 1.18. The molecule has 0 fully saturated rings. The standard InChI is InChI=1S/C20H24N2O4S/c1-4-26-16-11-9-15(10-12-16)21-19(23)13-27-14(2)20(24)22-17-7-5-6-8-18(17)25-3/h5-12,14H,4,13H2,1-3H3,(H,21,23)(H,22,24)/t14-/m0/s1. The van der Waals surface area contributed by atoms with Crippen LogP contribution in [-0.2, 0) is 9.59 Å². The maximum atomic E-state index is 12.3. The average Bonchev–Trinajstić information content (AvgIpc) is 2.68. The summed E-state index contributed by atoms with van der Waals surface area (Å²) in [7, 11) is 1.55. The van der Waals surface area contributed by atoms with Crippen molar-refractivity contribution >= 4 is 35.0 Å². The number of hydrogen-bond donors (Lipinski definition) is 2. The molecule has 0 bridgehead atoms. The van der Waals surface area contributed by atoms with E-state index in [1.165, 1.54) is 11.8 Å². The van der Waals surface area contributed by atoms with Crippen molar-refractivity contribution in [2.24, 2.45) is 0 Å². The molecule has 2 aromatic rings. The SMILES string of the molecule is CCOc1ccc(NC(=O)CS[C@@H](C)C(=O)Nc2ccccc2OC)cc1. The van der Waals surface area contributed by atoms with Crippen molar-refractivity contribution in [2.45, 2.75) is 19.1 Å². The molecule has 0 radical (unpaired) electrons. The molecular weight excluding hydrogens is 364 g/mol. The van der Waals surface area contributed by atoms with E-state index >= 15 is 0 Å². The van der Waals surface area contributed by atoms with E-state index in [2.05, 4.69) is 10.6 Å². The van der Waals surface area contributed by atoms with Gasteiger partial charge in [0, 0.05) is 5.69 Å². The van der Waals surface area contributed by atoms with Crippen LogP contribution in [-0.4, -0.2) is 36.5 Å². The highest BCUT2D eigenvalue weighted by Crippen LogP contribution is 2.24. The van der Waals surface area contributed by atoms with Crippen molar-refractivity contribution in [1.82, 2.24) is 0 Å². The normalized spacial score (nSPS) is 11.4. The number of benzene rings is 2. The van der Waals surface area contributed by atoms with Crippen LogP contribution in [0.5, 0.6) is 11.5 Å². The van der Waals surface area contributed by atoms with Gasteiger partial charge >= 0.3 is 0 Å². The van der Waals surface area contributed by atoms with Gasteiger partial charge in [0.15, 0.2) is 0 Å². The zero-order valence-electron chi connectivity index (χ0n) is 15.7. The topological polar surface area (TPSA) is 76.7 Å². The smallest absolute Gasteiger partial charge is 0.237 e. The molecule has 144 valence electrons. The predicted molar refractivity (Wildman–Crippen MR) is 110 cm³/mol. The van der Waals surface area contributed by atoms with Gasteiger partial charge in [-0.05, 0) is 50.2 Å². The Balaban J connectivity index is 1.80. The van der Waals surface area contributed by atoms with Crippen molar-refractivity contribution < 1.29 is 19.1 Å². The maximum absolute atomic E-state index is 12.3. The fraction of sp³-hybridized carbons (Fsp3) is 0.300. The Morgan fingerprint density at radius 3 is 2.44 bits per heavy atom. The Labute approximate surface area is 163 Å². The van der Waals surface area contributed by atoms with Crippen molar-refractivity contribution in [1.29, 1.82) is 0 Å². The summed E-state index contributed by atoms with van der Waals surface area (Å²) >= 11 is 1.27. The number of methoxy groups -OCH3 is 1. The van der Waals surface area contributed by atoms with Crippen LogP contribution in [0.2, 0.25) is 0 Å². The van der Waals surface area contributed by atoms with Crippen LogP contribution in [0.1, 0.15) is 13.8 Å². The number of hydrogen-bond acceptors (Lipinski definition) is 5. The molecule has 0 unspecified atom stereocenters. The van der Waals surface area contributed by atoms with Crippen molar-refractivity contribution in [3.05, 3.63) is 48.5 Å². The highest BCUT2D eigenvalue weighted by Gasteiger charge is 2.17. The molecule has 27 heavy (non-hydrogen) atoms. The molecule has 0 saturated heterocycles. The number of rotatable bonds is 9. The lowest BCUT2D eigenvalue weighted by atomic mass is 10.3. The molecule has 0 spiro atoms. The lowest BCUT2D eigenvalue weighted by molar-refractivity contribution is -0.115. The zero-order chi connectivity index (χ0) is 19.6. The van der Waals surface area contributed by atoms with Gasteiger partial charge in [0.05, 0.1) is 30.4 Å². The van der Waals surface area contributed by atoms with E-state index in [4.69, 9.17) is 9.47 Å². The zero-order valence-corrected chi connectivity index (χ0v) is 16.5. The second kappa shape index (κ2) is 10.5. The van der Waals surface area contributed by atoms with E-state index < -0.39 is 0 Å². The molecular formula is C20H24N2O4S. The Morgan fingerprint density at radius 2 is 1.78 bits per heavy atom. The van der Waals surface area contributed by atoms with E-state index in [0.717, 1.165) is 5.75 Å². The summed E-state index contributed by atoms with van der Waals surface area (Å²) in [4.78, 5) is 24.4. The van der Waals surface area contributed by atoms with Crippen LogP contribution >= 0.6 is 11.8 Å². The summed E-state index contributed by atoms with van der Waals surface area (Å²) in [6, 6.07) is 14.4. The molecule has 1 atom stereocenters. The maximum Gasteiger partial charge on any atom is 0.237 e. The quantitative estimate of drug-likeness (QED) is 0.683. The third kappa shape index (κ3) is 6.53. The van der Waals surface area contributed by atoms with Gasteiger partial charge in [-0.2, -0.15) is 0 Å². The first-order valence-corrected chi connectivity index (χ1v) is 9.66. The summed E-state index contributed by atoms with van der Waals surface area (Å²) < 4.78 is 10.6. The van der Waals surface area contributed by atoms with E-state index in [1.54, 1.807) is 50.4 Å². The first-order chi connectivity index (χ1) is 13.0. The number of amides is 2. The lowest BCUT2D eigenvalue weighted by Crippen LogP contribution is -2.25. The van der Waals surface area contributed by atoms with Crippen molar-refractivity contribution in [3.8, 4) is 11.5 Å². The summed E-state index contributed by atoms with van der Waals surface area (Å²) in [5.41, 5.74) is 1.30. The molecule has 0 aromatic heterocycles. The molecule has 2 amide bonds. The minimum atomic E-state index is -0.388. The molecule has 2 aromatic carbocycles. The van der Waals surface area contributed by atoms with Crippen LogP contribution in [0.4, 0.5) is 11.4 Å². The molecule has 2 N–H and O–H groups in total. The number of carbonyl (C=O) groups excluding carboxylic acids is 2. The van der Waals surface area contributed by atoms with Gasteiger partial charge in [0.1, 0.15) is 11.5 Å². The predicted octanol–water partition coefficient (Wildman–Crippen LogP) is 3.79. The van der Waals surface area contributed by atoms with Gasteiger partial charge in [0.2, 0.25) is 11.8 Å². The van der Waals surface area contributed by atoms with Crippen LogP contribution in [0, 0.1) is 0 Å². The molecule has 0 aliphatic heterocycles. The third-order valence-electron chi connectivity index (χ3n) is 3.65. The van der Waals surface area contributed by atoms with Crippen LogP contribution in [0.15, 0.2) is 48.5 Å². The fourth-order valence-electron chi connectivity index (χ4n) is 2.26. The minimum Gasteiger partial charge on any atom is -0.495 e. The molecule has 6 nitrogen and oxygen atoms in total. The highest BCUT2D eigenvalue weighted by atomic mass is 32.2. The summed E-state index contributed by atoms with van der Waals surface area (Å²) in [6.45, 7) is 4.27. The van der Waals surface area contributed by atoms with Gasteiger partial charge in [-0.15, -0.1) is 11.8 Å². The van der Waals surface area contributed by atoms with Gasteiger partial charge in [-0.3, -0.25) is 9.59 Å².